The van der Waals surface area contributed by atoms with Crippen LogP contribution in [0.4, 0.5) is 0 Å². The molecule has 2 N–H and O–H groups in total. The number of hydrogen-bond donors (Lipinski definition) is 2. The topological polar surface area (TPSA) is 44.1 Å². The zero-order valence-electron chi connectivity index (χ0n) is 6.46. The third-order valence-corrected chi connectivity index (χ3v) is 1.29. The zero-order chi connectivity index (χ0) is 7.40. The van der Waals surface area contributed by atoms with Gasteiger partial charge < -0.3 is 10.5 Å². The summed E-state index contributed by atoms with van der Waals surface area (Å²) < 4.78 is 0. The molecule has 11 heavy (non-hydrogen) atoms. The molecule has 3 heteroatoms. The number of benzene rings is 1. The van der Waals surface area contributed by atoms with Crippen LogP contribution in [0, 0.1) is 11.5 Å². The van der Waals surface area contributed by atoms with Gasteiger partial charge in [-0.1, -0.05) is 6.21 Å². The molecule has 0 bridgehead atoms. The second-order valence-electron chi connectivity index (χ2n) is 1.91. The molecule has 0 fully saturated rings. The molecule has 0 atom stereocenters. The maximum atomic E-state index is 8.73. The van der Waals surface area contributed by atoms with E-state index >= 15 is 0 Å². The molecule has 0 spiro atoms. The van der Waals surface area contributed by atoms with Crippen molar-refractivity contribution in [2.24, 2.45) is 0 Å². The fourth-order valence-electron chi connectivity index (χ4n) is 0.757. The predicted molar refractivity (Wildman–Crippen MR) is 39.1 cm³/mol. The number of aliphatic hydroxyl groups excluding tert-OH is 1. The first-order valence-corrected chi connectivity index (χ1v) is 2.99. The van der Waals surface area contributed by atoms with E-state index in [1.807, 2.05) is 0 Å². The summed E-state index contributed by atoms with van der Waals surface area (Å²) in [5.74, 6) is 0. The summed E-state index contributed by atoms with van der Waals surface area (Å²) in [6, 6.07) is 8.12. The van der Waals surface area contributed by atoms with E-state index in [9.17, 15) is 0 Å². The van der Waals surface area contributed by atoms with E-state index in [-0.39, 0.29) is 36.2 Å². The van der Waals surface area contributed by atoms with E-state index in [4.69, 9.17) is 10.5 Å². The van der Waals surface area contributed by atoms with E-state index in [2.05, 4.69) is 6.07 Å². The summed E-state index contributed by atoms with van der Waals surface area (Å²) in [5.41, 5.74) is 1.41. The van der Waals surface area contributed by atoms with Crippen LogP contribution in [0.3, 0.4) is 0 Å². The molecule has 0 radical (unpaired) electrons. The smallest absolute Gasteiger partial charge is 0.401 e. The first-order valence-electron chi connectivity index (χ1n) is 2.99. The largest absolute Gasteiger partial charge is 1.00 e. The van der Waals surface area contributed by atoms with Crippen LogP contribution in [0.25, 0.3) is 0 Å². The molecule has 0 heterocycles. The van der Waals surface area contributed by atoms with Crippen LogP contribution in [-0.2, 0) is 6.61 Å². The Labute approximate surface area is 88.1 Å². The van der Waals surface area contributed by atoms with Crippen molar-refractivity contribution in [1.29, 1.82) is 5.41 Å². The molecular weight excluding hydrogens is 149 g/mol. The zero-order valence-corrected chi connectivity index (χ0v) is 8.46. The van der Waals surface area contributed by atoms with Crippen LogP contribution in [0.1, 0.15) is 11.1 Å². The Morgan fingerprint density at radius 2 is 2.36 bits per heavy atom. The van der Waals surface area contributed by atoms with Gasteiger partial charge in [0.15, 0.2) is 0 Å². The van der Waals surface area contributed by atoms with Crippen LogP contribution >= 0.6 is 0 Å². The molecule has 0 aliphatic heterocycles. The average molecular weight is 157 g/mol. The fraction of sp³-hybridized carbons (Fsp3) is 0.125. The Morgan fingerprint density at radius 1 is 1.64 bits per heavy atom. The second-order valence-corrected chi connectivity index (χ2v) is 1.91. The van der Waals surface area contributed by atoms with Crippen molar-refractivity contribution in [3.63, 3.8) is 0 Å². The summed E-state index contributed by atoms with van der Waals surface area (Å²) >= 11 is 0. The molecule has 0 aliphatic carbocycles. The number of rotatable bonds is 2. The Kier molecular flexibility index (Phi) is 5.42. The molecular formula is C8H8NNaO. The molecule has 52 valence electrons. The van der Waals surface area contributed by atoms with E-state index in [0.29, 0.717) is 5.56 Å². The first kappa shape index (κ1) is 10.8. The van der Waals surface area contributed by atoms with Gasteiger partial charge in [0.1, 0.15) is 0 Å². The molecule has 1 aromatic carbocycles. The van der Waals surface area contributed by atoms with Crippen molar-refractivity contribution in [2.75, 3.05) is 0 Å². The van der Waals surface area contributed by atoms with Gasteiger partial charge in [-0.05, 0) is 0 Å². The number of aliphatic hydroxyl groups is 1. The minimum atomic E-state index is -0.0257. The minimum absolute atomic E-state index is 0. The summed E-state index contributed by atoms with van der Waals surface area (Å²) in [4.78, 5) is 0. The minimum Gasteiger partial charge on any atom is -0.401 e. The third-order valence-electron chi connectivity index (χ3n) is 1.29. The Hall–Kier alpha value is -0.150. The molecule has 1 rings (SSSR count). The van der Waals surface area contributed by atoms with E-state index in [1.54, 1.807) is 18.2 Å². The van der Waals surface area contributed by atoms with E-state index < -0.39 is 0 Å². The average Bonchev–Trinajstić information content (AvgIpc) is 2.04. The van der Waals surface area contributed by atoms with Crippen molar-refractivity contribution >= 4 is 6.21 Å². The van der Waals surface area contributed by atoms with Crippen molar-refractivity contribution in [3.8, 4) is 0 Å². The van der Waals surface area contributed by atoms with Gasteiger partial charge >= 0.3 is 29.6 Å². The van der Waals surface area contributed by atoms with E-state index in [1.165, 1.54) is 6.21 Å². The summed E-state index contributed by atoms with van der Waals surface area (Å²) in [5, 5.41) is 15.6. The summed E-state index contributed by atoms with van der Waals surface area (Å²) in [6.45, 7) is -0.0257. The van der Waals surface area contributed by atoms with Crippen molar-refractivity contribution < 1.29 is 34.7 Å². The molecule has 0 saturated heterocycles. The fourth-order valence-corrected chi connectivity index (χ4v) is 0.757. The molecule has 0 aromatic heterocycles. The Bertz CT molecular complexity index is 237. The van der Waals surface area contributed by atoms with Crippen LogP contribution in [0.2, 0.25) is 0 Å². The van der Waals surface area contributed by atoms with Gasteiger partial charge in [-0.3, -0.25) is 0 Å². The van der Waals surface area contributed by atoms with Crippen LogP contribution in [-0.4, -0.2) is 11.3 Å². The Balaban J connectivity index is 0.000001000. The quantitative estimate of drug-likeness (QED) is 0.290. The predicted octanol–water partition coefficient (Wildman–Crippen LogP) is -2.02. The van der Waals surface area contributed by atoms with E-state index in [0.717, 1.165) is 5.56 Å². The summed E-state index contributed by atoms with van der Waals surface area (Å²) in [7, 11) is 0. The first-order chi connectivity index (χ1) is 4.88. The van der Waals surface area contributed by atoms with Gasteiger partial charge in [-0.25, -0.2) is 0 Å². The molecule has 2 nitrogen and oxygen atoms in total. The standard InChI is InChI=1S/C8H8NO.Na/c9-5-7-3-1-2-4-8(7)6-10;/h1-2,4-5,9-10H,6H2;/q-1;+1. The van der Waals surface area contributed by atoms with Gasteiger partial charge in [0.25, 0.3) is 0 Å². The van der Waals surface area contributed by atoms with Crippen molar-refractivity contribution in [3.05, 3.63) is 35.4 Å². The molecule has 0 aliphatic rings. The van der Waals surface area contributed by atoms with Crippen LogP contribution < -0.4 is 29.6 Å². The molecule has 0 amide bonds. The normalized spacial score (nSPS) is 8.45. The SMILES string of the molecule is N=Cc1[c-]cccc1CO.[Na+]. The maximum absolute atomic E-state index is 8.73. The van der Waals surface area contributed by atoms with Gasteiger partial charge in [-0.15, -0.1) is 35.4 Å². The second kappa shape index (κ2) is 5.49. The monoisotopic (exact) mass is 157 g/mol. The molecule has 1 aromatic rings. The van der Waals surface area contributed by atoms with Crippen LogP contribution in [0.15, 0.2) is 18.2 Å². The molecule has 0 unspecified atom stereocenters. The van der Waals surface area contributed by atoms with Gasteiger partial charge in [-0.2, -0.15) is 0 Å². The number of hydrogen-bond acceptors (Lipinski definition) is 2. The van der Waals surface area contributed by atoms with Crippen LogP contribution in [0.5, 0.6) is 0 Å². The maximum Gasteiger partial charge on any atom is 1.00 e. The van der Waals surface area contributed by atoms with Gasteiger partial charge in [0.05, 0.1) is 0 Å². The number of nitrogens with one attached hydrogen (secondary N) is 1. The molecule has 0 saturated carbocycles. The van der Waals surface area contributed by atoms with Gasteiger partial charge in [0, 0.05) is 6.61 Å². The summed E-state index contributed by atoms with van der Waals surface area (Å²) in [6.07, 6.45) is 1.19. The third kappa shape index (κ3) is 2.75. The Morgan fingerprint density at radius 3 is 2.82 bits per heavy atom. The van der Waals surface area contributed by atoms with Gasteiger partial charge in [0.2, 0.25) is 0 Å². The van der Waals surface area contributed by atoms with Crippen molar-refractivity contribution in [1.82, 2.24) is 0 Å². The van der Waals surface area contributed by atoms with Crippen molar-refractivity contribution in [2.45, 2.75) is 6.61 Å².